The maximum absolute atomic E-state index is 13.3. The highest BCUT2D eigenvalue weighted by Crippen LogP contribution is 2.46. The lowest BCUT2D eigenvalue weighted by atomic mass is 9.97. The molecule has 0 unspecified atom stereocenters. The van der Waals surface area contributed by atoms with Gasteiger partial charge in [0.05, 0.1) is 10.6 Å². The van der Waals surface area contributed by atoms with Gasteiger partial charge in [-0.1, -0.05) is 23.8 Å². The number of allylic oxidation sites excluding steroid dienone is 1. The molecule has 0 saturated heterocycles. The number of ketones is 1. The molecule has 0 radical (unpaired) electrons. The van der Waals surface area contributed by atoms with E-state index in [0.717, 1.165) is 11.1 Å². The first-order valence-electron chi connectivity index (χ1n) is 8.56. The van der Waals surface area contributed by atoms with Crippen LogP contribution in [0.5, 0.6) is 5.75 Å². The number of aryl methyl sites for hydroxylation is 1. The SMILES string of the molecule is Cc1ccc(S(=O)(=O)C2=C3C=Cc4cc(O)ccc4N3C(C)(C)C2=O)cc1. The largest absolute Gasteiger partial charge is 0.508 e. The molecule has 0 atom stereocenters. The predicted octanol–water partition coefficient (Wildman–Crippen LogP) is 3.58. The fourth-order valence-electron chi connectivity index (χ4n) is 3.62. The van der Waals surface area contributed by atoms with Crippen molar-refractivity contribution in [2.75, 3.05) is 4.90 Å². The Morgan fingerprint density at radius 2 is 1.67 bits per heavy atom. The van der Waals surface area contributed by atoms with E-state index in [-0.39, 0.29) is 15.6 Å². The standard InChI is InChI=1S/C21H19NO4S/c1-13-4-8-16(9-5-13)27(25,26)19-18-10-6-14-12-15(23)7-11-17(14)22(18)21(2,3)20(19)24/h4-12,23H,1-3H3. The van der Waals surface area contributed by atoms with E-state index >= 15 is 0 Å². The molecule has 2 heterocycles. The number of carbonyl (C=O) groups excluding carboxylic acids is 1. The summed E-state index contributed by atoms with van der Waals surface area (Å²) in [5.41, 5.74) is 1.67. The number of aromatic hydroxyl groups is 1. The van der Waals surface area contributed by atoms with Crippen molar-refractivity contribution in [1.29, 1.82) is 0 Å². The van der Waals surface area contributed by atoms with Crippen molar-refractivity contribution >= 4 is 27.4 Å². The number of phenolic OH excluding ortho intramolecular Hbond substituents is 1. The average Bonchev–Trinajstić information content (AvgIpc) is 2.82. The number of hydrogen-bond donors (Lipinski definition) is 1. The van der Waals surface area contributed by atoms with E-state index in [1.807, 2.05) is 6.92 Å². The van der Waals surface area contributed by atoms with Crippen molar-refractivity contribution in [1.82, 2.24) is 0 Å². The Hall–Kier alpha value is -2.86. The molecular formula is C21H19NO4S. The van der Waals surface area contributed by atoms with E-state index in [9.17, 15) is 18.3 Å². The van der Waals surface area contributed by atoms with Crippen molar-refractivity contribution in [3.63, 3.8) is 0 Å². The van der Waals surface area contributed by atoms with Crippen molar-refractivity contribution in [2.24, 2.45) is 0 Å². The molecule has 2 aliphatic rings. The van der Waals surface area contributed by atoms with Crippen molar-refractivity contribution < 1.29 is 18.3 Å². The topological polar surface area (TPSA) is 74.7 Å². The van der Waals surface area contributed by atoms with Crippen LogP contribution in [0.3, 0.4) is 0 Å². The smallest absolute Gasteiger partial charge is 0.212 e. The number of phenols is 1. The van der Waals surface area contributed by atoms with Crippen LogP contribution in [0.25, 0.3) is 6.08 Å². The Labute approximate surface area is 158 Å². The summed E-state index contributed by atoms with van der Waals surface area (Å²) in [4.78, 5) is 14.9. The summed E-state index contributed by atoms with van der Waals surface area (Å²) in [5.74, 6) is -0.328. The third kappa shape index (κ3) is 2.44. The minimum Gasteiger partial charge on any atom is -0.508 e. The van der Waals surface area contributed by atoms with E-state index in [0.29, 0.717) is 11.4 Å². The van der Waals surface area contributed by atoms with Crippen molar-refractivity contribution in [3.8, 4) is 5.75 Å². The first-order valence-corrected chi connectivity index (χ1v) is 10.0. The summed E-state index contributed by atoms with van der Waals surface area (Å²) in [5, 5.41) is 9.74. The highest BCUT2D eigenvalue weighted by molar-refractivity contribution is 7.96. The lowest BCUT2D eigenvalue weighted by Crippen LogP contribution is -2.45. The van der Waals surface area contributed by atoms with Gasteiger partial charge >= 0.3 is 0 Å². The van der Waals surface area contributed by atoms with E-state index in [4.69, 9.17) is 0 Å². The molecule has 0 aromatic heterocycles. The number of carbonyl (C=O) groups is 1. The van der Waals surface area contributed by atoms with Crippen LogP contribution in [-0.4, -0.2) is 24.8 Å². The second-order valence-corrected chi connectivity index (χ2v) is 9.22. The Balaban J connectivity index is 1.97. The molecule has 27 heavy (non-hydrogen) atoms. The predicted molar refractivity (Wildman–Crippen MR) is 104 cm³/mol. The van der Waals surface area contributed by atoms with Gasteiger partial charge in [-0.3, -0.25) is 4.79 Å². The molecule has 2 aromatic rings. The van der Waals surface area contributed by atoms with Gasteiger partial charge in [0.15, 0.2) is 0 Å². The molecule has 0 bridgehead atoms. The average molecular weight is 381 g/mol. The van der Waals surface area contributed by atoms with E-state index in [2.05, 4.69) is 0 Å². The molecule has 0 amide bonds. The van der Waals surface area contributed by atoms with Crippen LogP contribution >= 0.6 is 0 Å². The molecule has 0 saturated carbocycles. The van der Waals surface area contributed by atoms with E-state index in [1.165, 1.54) is 18.2 Å². The van der Waals surface area contributed by atoms with Gasteiger partial charge in [-0.05, 0) is 57.2 Å². The summed E-state index contributed by atoms with van der Waals surface area (Å²) >= 11 is 0. The molecule has 0 aliphatic carbocycles. The van der Waals surface area contributed by atoms with Crippen LogP contribution in [0, 0.1) is 6.92 Å². The molecule has 6 heteroatoms. The van der Waals surface area contributed by atoms with Gasteiger partial charge in [0.1, 0.15) is 16.2 Å². The van der Waals surface area contributed by atoms with Gasteiger partial charge < -0.3 is 10.0 Å². The Morgan fingerprint density at radius 3 is 2.33 bits per heavy atom. The third-order valence-corrected chi connectivity index (χ3v) is 6.89. The first-order chi connectivity index (χ1) is 12.6. The zero-order chi connectivity index (χ0) is 19.6. The third-order valence-electron chi connectivity index (χ3n) is 5.07. The Kier molecular flexibility index (Phi) is 3.62. The number of sulfone groups is 1. The molecule has 0 fully saturated rings. The summed E-state index contributed by atoms with van der Waals surface area (Å²) in [6.45, 7) is 5.30. The van der Waals surface area contributed by atoms with Crippen LogP contribution in [0.2, 0.25) is 0 Å². The summed E-state index contributed by atoms with van der Waals surface area (Å²) in [7, 11) is -3.97. The number of rotatable bonds is 2. The fraction of sp³-hybridized carbons (Fsp3) is 0.190. The van der Waals surface area contributed by atoms with Crippen LogP contribution in [-0.2, 0) is 14.6 Å². The number of benzene rings is 2. The van der Waals surface area contributed by atoms with Gasteiger partial charge in [-0.15, -0.1) is 0 Å². The lowest BCUT2D eigenvalue weighted by molar-refractivity contribution is -0.117. The maximum Gasteiger partial charge on any atom is 0.212 e. The molecule has 0 spiro atoms. The van der Waals surface area contributed by atoms with Crippen LogP contribution < -0.4 is 4.90 Å². The minimum absolute atomic E-state index is 0.103. The number of fused-ring (bicyclic) bond motifs is 3. The fourth-order valence-corrected chi connectivity index (χ4v) is 5.28. The van der Waals surface area contributed by atoms with Gasteiger partial charge in [0.25, 0.3) is 0 Å². The zero-order valence-electron chi connectivity index (χ0n) is 15.2. The first kappa shape index (κ1) is 17.5. The Bertz CT molecular complexity index is 1140. The number of nitrogens with zero attached hydrogens (tertiary/aromatic N) is 1. The van der Waals surface area contributed by atoms with Crippen molar-refractivity contribution in [3.05, 3.63) is 70.3 Å². The molecule has 2 aliphatic heterocycles. The highest BCUT2D eigenvalue weighted by Gasteiger charge is 2.51. The monoisotopic (exact) mass is 381 g/mol. The summed E-state index contributed by atoms with van der Waals surface area (Å²) in [6, 6.07) is 11.3. The van der Waals surface area contributed by atoms with Gasteiger partial charge in [-0.25, -0.2) is 8.42 Å². The normalized spacial score (nSPS) is 17.9. The summed E-state index contributed by atoms with van der Waals surface area (Å²) in [6.07, 6.45) is 3.36. The van der Waals surface area contributed by atoms with E-state index < -0.39 is 21.2 Å². The molecule has 1 N–H and O–H groups in total. The second kappa shape index (κ2) is 5.57. The van der Waals surface area contributed by atoms with Crippen LogP contribution in [0.1, 0.15) is 25.0 Å². The highest BCUT2D eigenvalue weighted by atomic mass is 32.2. The minimum atomic E-state index is -3.97. The van der Waals surface area contributed by atoms with Gasteiger partial charge in [-0.2, -0.15) is 0 Å². The molecule has 138 valence electrons. The number of anilines is 1. The van der Waals surface area contributed by atoms with Gasteiger partial charge in [0.2, 0.25) is 15.6 Å². The van der Waals surface area contributed by atoms with Crippen LogP contribution in [0.15, 0.2) is 64.0 Å². The quantitative estimate of drug-likeness (QED) is 0.861. The zero-order valence-corrected chi connectivity index (χ0v) is 16.0. The maximum atomic E-state index is 13.3. The molecule has 2 aromatic carbocycles. The number of hydrogen-bond acceptors (Lipinski definition) is 5. The van der Waals surface area contributed by atoms with Crippen LogP contribution in [0.4, 0.5) is 5.69 Å². The second-order valence-electron chi connectivity index (χ2n) is 7.33. The number of Topliss-reactive ketones (excluding diaryl/α,β-unsaturated/α-hetero) is 1. The Morgan fingerprint density at radius 1 is 1.00 bits per heavy atom. The summed E-state index contributed by atoms with van der Waals surface area (Å²) < 4.78 is 26.6. The molecule has 5 nitrogen and oxygen atoms in total. The van der Waals surface area contributed by atoms with Gasteiger partial charge in [0, 0.05) is 11.3 Å². The lowest BCUT2D eigenvalue weighted by Gasteiger charge is -2.36. The van der Waals surface area contributed by atoms with E-state index in [1.54, 1.807) is 55.2 Å². The molecule has 4 rings (SSSR count). The van der Waals surface area contributed by atoms with Crippen molar-refractivity contribution in [2.45, 2.75) is 31.2 Å². The molecular weight excluding hydrogens is 362 g/mol.